The molecule has 2 atom stereocenters. The van der Waals surface area contributed by atoms with Gasteiger partial charge < -0.3 is 9.80 Å². The Hall–Kier alpha value is -3.67. The van der Waals surface area contributed by atoms with E-state index in [1.54, 1.807) is 6.07 Å². The summed E-state index contributed by atoms with van der Waals surface area (Å²) in [6, 6.07) is 11.0. The van der Waals surface area contributed by atoms with Crippen molar-refractivity contribution in [2.24, 2.45) is 5.41 Å². The molecule has 50 heavy (non-hydrogen) atoms. The highest BCUT2D eigenvalue weighted by atomic mass is 35.5. The number of fused-ring (bicyclic) bond motifs is 1. The lowest BCUT2D eigenvalue weighted by molar-refractivity contribution is -0.136. The summed E-state index contributed by atoms with van der Waals surface area (Å²) in [5.74, 6) is -4.80. The molecule has 9 nitrogen and oxygen atoms in total. The van der Waals surface area contributed by atoms with Crippen LogP contribution in [0.3, 0.4) is 0 Å². The number of hydrogen-bond acceptors (Lipinski definition) is 6. The van der Waals surface area contributed by atoms with E-state index in [0.29, 0.717) is 37.3 Å². The second kappa shape index (κ2) is 13.5. The quantitative estimate of drug-likeness (QED) is 0.414. The minimum Gasteiger partial charge on any atom is -0.332 e. The molecule has 3 saturated heterocycles. The second-order valence-corrected chi connectivity index (χ2v) is 15.7. The van der Waals surface area contributed by atoms with Crippen LogP contribution in [0.1, 0.15) is 84.2 Å². The van der Waals surface area contributed by atoms with Crippen molar-refractivity contribution >= 4 is 40.8 Å². The van der Waals surface area contributed by atoms with Gasteiger partial charge in [-0.25, -0.2) is 8.78 Å². The third kappa shape index (κ3) is 6.96. The molecule has 3 fully saturated rings. The van der Waals surface area contributed by atoms with E-state index < -0.39 is 36.4 Å². The van der Waals surface area contributed by atoms with Crippen LogP contribution in [-0.2, 0) is 16.1 Å². The van der Waals surface area contributed by atoms with Gasteiger partial charge in [-0.05, 0) is 84.6 Å². The number of piperidine rings is 2. The molecule has 0 spiro atoms. The van der Waals surface area contributed by atoms with Gasteiger partial charge in [0, 0.05) is 68.4 Å². The second-order valence-electron chi connectivity index (χ2n) is 15.3. The van der Waals surface area contributed by atoms with Gasteiger partial charge in [-0.1, -0.05) is 43.2 Å². The number of imide groups is 1. The largest absolute Gasteiger partial charge is 0.332 e. The van der Waals surface area contributed by atoms with Gasteiger partial charge in [-0.2, -0.15) is 0 Å². The molecular weight excluding hydrogens is 664 g/mol. The van der Waals surface area contributed by atoms with Crippen molar-refractivity contribution in [1.29, 1.82) is 0 Å². The van der Waals surface area contributed by atoms with Gasteiger partial charge in [0.2, 0.25) is 11.8 Å². The van der Waals surface area contributed by atoms with Crippen molar-refractivity contribution < 1.29 is 28.0 Å². The van der Waals surface area contributed by atoms with Crippen molar-refractivity contribution in [2.75, 3.05) is 45.8 Å². The molecule has 1 aliphatic carbocycles. The molecule has 0 saturated carbocycles. The molecule has 2 aromatic carbocycles. The first kappa shape index (κ1) is 34.8. The maximum absolute atomic E-state index is 15.8. The molecule has 0 radical (unpaired) electrons. The van der Waals surface area contributed by atoms with Crippen LogP contribution in [0.5, 0.6) is 0 Å². The normalized spacial score (nSPS) is 25.9. The van der Waals surface area contributed by atoms with Crippen molar-refractivity contribution in [3.8, 4) is 0 Å². The SMILES string of the molecule is CC1(C)CCC(CN2CCN(C3CCN(C(=O)c4ccc5c(c4)CN(C4CCC(=O)NC4=O)C5=O)CC3(F)F)CC2)=C(c2ccc(Cl)cc2)C1. The molecule has 4 aliphatic heterocycles. The molecule has 2 unspecified atom stereocenters. The fraction of sp³-hybridized carbons (Fsp3) is 0.526. The molecular formula is C38H44ClF2N5O4. The zero-order chi connectivity index (χ0) is 35.4. The third-order valence-electron chi connectivity index (χ3n) is 11.3. The topological polar surface area (TPSA) is 93.3 Å². The number of likely N-dealkylation sites (tertiary alicyclic amines) is 1. The lowest BCUT2D eigenvalue weighted by Crippen LogP contribution is -2.62. The third-order valence-corrected chi connectivity index (χ3v) is 11.5. The number of rotatable bonds is 6. The Kier molecular flexibility index (Phi) is 9.36. The molecule has 4 amide bonds. The summed E-state index contributed by atoms with van der Waals surface area (Å²) in [6.45, 7) is 7.63. The molecule has 12 heteroatoms. The molecule has 266 valence electrons. The minimum atomic E-state index is -3.08. The van der Waals surface area contributed by atoms with Gasteiger partial charge in [-0.15, -0.1) is 0 Å². The summed E-state index contributed by atoms with van der Waals surface area (Å²) in [7, 11) is 0. The lowest BCUT2D eigenvalue weighted by atomic mass is 9.72. The Bertz CT molecular complexity index is 1740. The fourth-order valence-electron chi connectivity index (χ4n) is 8.41. The first-order valence-electron chi connectivity index (χ1n) is 17.7. The van der Waals surface area contributed by atoms with Crippen molar-refractivity contribution in [3.05, 3.63) is 75.3 Å². The molecule has 0 bridgehead atoms. The number of carbonyl (C=O) groups excluding carboxylic acids is 4. The van der Waals surface area contributed by atoms with Crippen LogP contribution < -0.4 is 5.32 Å². The number of allylic oxidation sites excluding steroid dienone is 1. The molecule has 4 heterocycles. The first-order chi connectivity index (χ1) is 23.8. The number of benzene rings is 2. The first-order valence-corrected chi connectivity index (χ1v) is 18.0. The highest BCUT2D eigenvalue weighted by Crippen LogP contribution is 2.43. The Morgan fingerprint density at radius 1 is 0.960 bits per heavy atom. The van der Waals surface area contributed by atoms with E-state index in [2.05, 4.69) is 36.2 Å². The maximum Gasteiger partial charge on any atom is 0.280 e. The van der Waals surface area contributed by atoms with Crippen LogP contribution in [0.25, 0.3) is 5.57 Å². The summed E-state index contributed by atoms with van der Waals surface area (Å²) < 4.78 is 31.6. The van der Waals surface area contributed by atoms with Gasteiger partial charge in [-0.3, -0.25) is 34.3 Å². The van der Waals surface area contributed by atoms with Crippen molar-refractivity contribution in [3.63, 3.8) is 0 Å². The molecule has 7 rings (SSSR count). The van der Waals surface area contributed by atoms with Crippen LogP contribution in [-0.4, -0.2) is 107 Å². The number of nitrogens with zero attached hydrogens (tertiary/aromatic N) is 4. The number of halogens is 3. The van der Waals surface area contributed by atoms with Crippen molar-refractivity contribution in [1.82, 2.24) is 24.9 Å². The van der Waals surface area contributed by atoms with E-state index >= 15 is 8.78 Å². The van der Waals surface area contributed by atoms with E-state index in [1.165, 1.54) is 38.6 Å². The van der Waals surface area contributed by atoms with E-state index in [1.807, 2.05) is 17.0 Å². The number of hydrogen-bond donors (Lipinski definition) is 1. The lowest BCUT2D eigenvalue weighted by Gasteiger charge is -2.46. The Balaban J connectivity index is 0.959. The number of carbonyl (C=O) groups is 4. The van der Waals surface area contributed by atoms with E-state index in [-0.39, 0.29) is 55.1 Å². The monoisotopic (exact) mass is 707 g/mol. The van der Waals surface area contributed by atoms with Crippen LogP contribution in [0, 0.1) is 5.41 Å². The predicted molar refractivity (Wildman–Crippen MR) is 186 cm³/mol. The average Bonchev–Trinajstić information content (AvgIpc) is 3.40. The van der Waals surface area contributed by atoms with Crippen LogP contribution in [0.2, 0.25) is 5.02 Å². The van der Waals surface area contributed by atoms with Gasteiger partial charge >= 0.3 is 0 Å². The van der Waals surface area contributed by atoms with Gasteiger partial charge in [0.25, 0.3) is 17.7 Å². The van der Waals surface area contributed by atoms with Crippen LogP contribution >= 0.6 is 11.6 Å². The van der Waals surface area contributed by atoms with Crippen molar-refractivity contribution in [2.45, 2.75) is 76.9 Å². The van der Waals surface area contributed by atoms with E-state index in [9.17, 15) is 19.2 Å². The number of nitrogens with one attached hydrogen (secondary N) is 1. The maximum atomic E-state index is 15.8. The fourth-order valence-corrected chi connectivity index (χ4v) is 8.53. The number of alkyl halides is 2. The van der Waals surface area contributed by atoms with Gasteiger partial charge in [0.05, 0.1) is 12.6 Å². The summed E-state index contributed by atoms with van der Waals surface area (Å²) in [6.07, 6.45) is 3.69. The zero-order valence-corrected chi connectivity index (χ0v) is 29.4. The predicted octanol–water partition coefficient (Wildman–Crippen LogP) is 5.23. The van der Waals surface area contributed by atoms with Gasteiger partial charge in [0.15, 0.2) is 0 Å². The van der Waals surface area contributed by atoms with E-state index in [0.717, 1.165) is 30.8 Å². The zero-order valence-electron chi connectivity index (χ0n) is 28.7. The number of amides is 4. The number of piperazine rings is 1. The Morgan fingerprint density at radius 2 is 1.70 bits per heavy atom. The Morgan fingerprint density at radius 3 is 2.40 bits per heavy atom. The van der Waals surface area contributed by atoms with E-state index in [4.69, 9.17) is 11.6 Å². The van der Waals surface area contributed by atoms with Crippen LogP contribution in [0.4, 0.5) is 8.78 Å². The summed E-state index contributed by atoms with van der Waals surface area (Å²) >= 11 is 6.17. The Labute approximate surface area is 296 Å². The molecule has 2 aromatic rings. The highest BCUT2D eigenvalue weighted by Gasteiger charge is 2.49. The molecule has 5 aliphatic rings. The molecule has 0 aromatic heterocycles. The molecule has 1 N–H and O–H groups in total. The standard InChI is InChI=1S/C38H44ClF2N5O4/c1-37(2)13-11-26(30(20-37)24-3-6-28(39)7-4-24)21-43-15-17-44(18-16-43)32-12-14-45(23-38(32,40)41)35(49)25-5-8-29-27(19-25)22-46(36(29)50)31-9-10-33(47)42-34(31)48/h3-8,19,31-32H,9-18,20-23H2,1-2H3,(H,42,47,48). The summed E-state index contributed by atoms with van der Waals surface area (Å²) in [5, 5.41) is 2.99. The van der Waals surface area contributed by atoms with Gasteiger partial charge in [0.1, 0.15) is 6.04 Å². The van der Waals surface area contributed by atoms with Crippen LogP contribution in [0.15, 0.2) is 48.0 Å². The minimum absolute atomic E-state index is 0.115. The average molecular weight is 708 g/mol. The summed E-state index contributed by atoms with van der Waals surface area (Å²) in [4.78, 5) is 57.4. The summed E-state index contributed by atoms with van der Waals surface area (Å²) in [5.41, 5.74) is 5.42. The smallest absolute Gasteiger partial charge is 0.280 e. The highest BCUT2D eigenvalue weighted by molar-refractivity contribution is 6.30.